The Morgan fingerprint density at radius 3 is 2.55 bits per heavy atom. The zero-order valence-electron chi connectivity index (χ0n) is 21.1. The van der Waals surface area contributed by atoms with Crippen LogP contribution in [0.15, 0.2) is 83.9 Å². The van der Waals surface area contributed by atoms with E-state index in [1.165, 1.54) is 0 Å². The highest BCUT2D eigenvalue weighted by molar-refractivity contribution is 6.20. The minimum Gasteiger partial charge on any atom is -0.308 e. The van der Waals surface area contributed by atoms with Gasteiger partial charge in [0.1, 0.15) is 0 Å². The molecule has 1 aromatic heterocycles. The van der Waals surface area contributed by atoms with Gasteiger partial charge in [-0.15, -0.1) is 10.2 Å². The average Bonchev–Trinajstić information content (AvgIpc) is 3.46. The number of benzene rings is 3. The zero-order chi connectivity index (χ0) is 26.5. The monoisotopic (exact) mass is 508 g/mol. The van der Waals surface area contributed by atoms with Crippen molar-refractivity contribution in [2.45, 2.75) is 26.4 Å². The van der Waals surface area contributed by atoms with E-state index in [0.29, 0.717) is 29.3 Å². The summed E-state index contributed by atoms with van der Waals surface area (Å²) >= 11 is 0. The van der Waals surface area contributed by atoms with Gasteiger partial charge in [0.25, 0.3) is 5.91 Å². The molecule has 3 amide bonds. The number of para-hydroxylation sites is 1. The molecule has 10 nitrogen and oxygen atoms in total. The third-order valence-electron chi connectivity index (χ3n) is 6.44. The van der Waals surface area contributed by atoms with E-state index in [1.54, 1.807) is 23.1 Å². The lowest BCUT2D eigenvalue weighted by molar-refractivity contribution is -0.120. The van der Waals surface area contributed by atoms with Crippen molar-refractivity contribution >= 4 is 29.0 Å². The highest BCUT2D eigenvalue weighted by Crippen LogP contribution is 2.29. The van der Waals surface area contributed by atoms with Gasteiger partial charge in [0.05, 0.1) is 11.4 Å². The standard InChI is InChI=1S/C28H28N8O2/c1-3-18(2)17-36-23-15-8-7-14-22(23)24(19-10-5-4-6-11-19)30-26(27(36)37)31-28(38)29-21-13-9-12-20(16-21)25-32-34-35-33-25/h4-16,18,26H,3,17H2,1-2H3,(H2,29,31,38)(H,32,33,34,35). The maximum Gasteiger partial charge on any atom is 0.321 e. The average molecular weight is 509 g/mol. The SMILES string of the molecule is CCC(C)CN1C(=O)C(NC(=O)Nc2cccc(-c3nn[nH]n3)c2)N=C(c2ccccc2)c2ccccc21. The van der Waals surface area contributed by atoms with Gasteiger partial charge in [-0.2, -0.15) is 5.21 Å². The normalized spacial score (nSPS) is 15.7. The number of aromatic nitrogens is 4. The largest absolute Gasteiger partial charge is 0.321 e. The summed E-state index contributed by atoms with van der Waals surface area (Å²) in [6.07, 6.45) is -0.213. The van der Waals surface area contributed by atoms with Crippen LogP contribution in [-0.2, 0) is 4.79 Å². The molecular weight excluding hydrogens is 480 g/mol. The number of hydrogen-bond donors (Lipinski definition) is 3. The van der Waals surface area contributed by atoms with Gasteiger partial charge in [-0.05, 0) is 29.3 Å². The molecular formula is C28H28N8O2. The third kappa shape index (κ3) is 5.29. The summed E-state index contributed by atoms with van der Waals surface area (Å²) in [6, 6.07) is 23.9. The van der Waals surface area contributed by atoms with E-state index in [0.717, 1.165) is 23.2 Å². The highest BCUT2D eigenvalue weighted by Gasteiger charge is 2.33. The van der Waals surface area contributed by atoms with E-state index in [9.17, 15) is 9.59 Å². The first-order valence-electron chi connectivity index (χ1n) is 12.5. The Kier molecular flexibility index (Phi) is 7.21. The van der Waals surface area contributed by atoms with Gasteiger partial charge >= 0.3 is 6.03 Å². The fraction of sp³-hybridized carbons (Fsp3) is 0.214. The predicted molar refractivity (Wildman–Crippen MR) is 146 cm³/mol. The lowest BCUT2D eigenvalue weighted by atomic mass is 9.99. The predicted octanol–water partition coefficient (Wildman–Crippen LogP) is 4.24. The Morgan fingerprint density at radius 1 is 1.03 bits per heavy atom. The number of tetrazole rings is 1. The number of rotatable bonds is 7. The van der Waals surface area contributed by atoms with Crippen molar-refractivity contribution in [3.05, 3.63) is 90.0 Å². The Labute approximate surface area is 220 Å². The van der Waals surface area contributed by atoms with Crippen molar-refractivity contribution in [1.29, 1.82) is 0 Å². The van der Waals surface area contributed by atoms with Crippen LogP contribution in [-0.4, -0.2) is 51.0 Å². The van der Waals surface area contributed by atoms with Crippen molar-refractivity contribution in [3.63, 3.8) is 0 Å². The van der Waals surface area contributed by atoms with Crippen molar-refractivity contribution in [3.8, 4) is 11.4 Å². The van der Waals surface area contributed by atoms with Crippen molar-refractivity contribution in [2.75, 3.05) is 16.8 Å². The van der Waals surface area contributed by atoms with E-state index in [4.69, 9.17) is 4.99 Å². The Morgan fingerprint density at radius 2 is 1.79 bits per heavy atom. The minimum atomic E-state index is -1.12. The van der Waals surface area contributed by atoms with Crippen LogP contribution < -0.4 is 15.5 Å². The molecule has 0 radical (unpaired) electrons. The smallest absolute Gasteiger partial charge is 0.308 e. The topological polar surface area (TPSA) is 128 Å². The molecule has 10 heteroatoms. The molecule has 0 spiro atoms. The molecule has 0 bridgehead atoms. The van der Waals surface area contributed by atoms with Crippen LogP contribution in [0.1, 0.15) is 31.4 Å². The number of carbonyl (C=O) groups is 2. The molecule has 5 rings (SSSR count). The first-order valence-corrected chi connectivity index (χ1v) is 12.5. The first-order chi connectivity index (χ1) is 18.5. The molecule has 3 N–H and O–H groups in total. The quantitative estimate of drug-likeness (QED) is 0.344. The van der Waals surface area contributed by atoms with Crippen LogP contribution in [0, 0.1) is 5.92 Å². The van der Waals surface area contributed by atoms with E-state index in [1.807, 2.05) is 60.7 Å². The number of fused-ring (bicyclic) bond motifs is 1. The van der Waals surface area contributed by atoms with E-state index in [-0.39, 0.29) is 11.8 Å². The number of H-pyrrole nitrogens is 1. The Bertz CT molecular complexity index is 1450. The van der Waals surface area contributed by atoms with Crippen LogP contribution >= 0.6 is 0 Å². The molecule has 2 heterocycles. The number of carbonyl (C=O) groups excluding carboxylic acids is 2. The van der Waals surface area contributed by atoms with Crippen LogP contribution in [0.2, 0.25) is 0 Å². The molecule has 0 fully saturated rings. The Hall–Kier alpha value is -4.86. The number of nitrogens with one attached hydrogen (secondary N) is 3. The zero-order valence-corrected chi connectivity index (χ0v) is 21.1. The molecule has 0 saturated heterocycles. The van der Waals surface area contributed by atoms with Crippen molar-refractivity contribution in [1.82, 2.24) is 25.9 Å². The lowest BCUT2D eigenvalue weighted by Crippen LogP contribution is -2.49. The lowest BCUT2D eigenvalue weighted by Gasteiger charge is -2.28. The van der Waals surface area contributed by atoms with Crippen molar-refractivity contribution < 1.29 is 9.59 Å². The maximum atomic E-state index is 13.9. The summed E-state index contributed by atoms with van der Waals surface area (Å²) in [5.74, 6) is 0.371. The maximum absolute atomic E-state index is 13.9. The van der Waals surface area contributed by atoms with Gasteiger partial charge in [0.15, 0.2) is 0 Å². The Balaban J connectivity index is 1.47. The van der Waals surface area contributed by atoms with Crippen LogP contribution in [0.3, 0.4) is 0 Å². The molecule has 0 saturated carbocycles. The number of aromatic amines is 1. The summed E-state index contributed by atoms with van der Waals surface area (Å²) in [5.41, 5.74) is 4.31. The molecule has 2 atom stereocenters. The number of hydrogen-bond acceptors (Lipinski definition) is 6. The molecule has 3 aromatic carbocycles. The van der Waals surface area contributed by atoms with Gasteiger partial charge in [0, 0.05) is 28.9 Å². The van der Waals surface area contributed by atoms with Crippen molar-refractivity contribution in [2.24, 2.45) is 10.9 Å². The summed E-state index contributed by atoms with van der Waals surface area (Å²) in [5, 5.41) is 19.5. The number of aliphatic imine (C=N–C) groups is 1. The fourth-order valence-corrected chi connectivity index (χ4v) is 4.29. The number of benzodiazepines with no additional fused rings is 1. The van der Waals surface area contributed by atoms with Gasteiger partial charge in [-0.3, -0.25) is 4.79 Å². The second-order valence-corrected chi connectivity index (χ2v) is 9.14. The molecule has 192 valence electrons. The second kappa shape index (κ2) is 11.0. The highest BCUT2D eigenvalue weighted by atomic mass is 16.2. The number of amides is 3. The molecule has 4 aromatic rings. The molecule has 2 unspecified atom stereocenters. The fourth-order valence-electron chi connectivity index (χ4n) is 4.29. The molecule has 38 heavy (non-hydrogen) atoms. The van der Waals surface area contributed by atoms with Gasteiger partial charge in [-0.1, -0.05) is 80.9 Å². The van der Waals surface area contributed by atoms with Gasteiger partial charge < -0.3 is 15.5 Å². The summed E-state index contributed by atoms with van der Waals surface area (Å²) in [4.78, 5) is 33.6. The molecule has 1 aliphatic rings. The third-order valence-corrected chi connectivity index (χ3v) is 6.44. The van der Waals surface area contributed by atoms with E-state index in [2.05, 4.69) is 45.1 Å². The molecule has 1 aliphatic heterocycles. The van der Waals surface area contributed by atoms with Crippen LogP contribution in [0.5, 0.6) is 0 Å². The van der Waals surface area contributed by atoms with E-state index >= 15 is 0 Å². The van der Waals surface area contributed by atoms with E-state index < -0.39 is 12.2 Å². The summed E-state index contributed by atoms with van der Waals surface area (Å²) in [6.45, 7) is 4.71. The second-order valence-electron chi connectivity index (χ2n) is 9.14. The number of anilines is 2. The number of nitrogens with zero attached hydrogens (tertiary/aromatic N) is 5. The van der Waals surface area contributed by atoms with Crippen LogP contribution in [0.4, 0.5) is 16.2 Å². The van der Waals surface area contributed by atoms with Gasteiger partial charge in [0.2, 0.25) is 12.0 Å². The first kappa shape index (κ1) is 24.8. The number of urea groups is 1. The van der Waals surface area contributed by atoms with Gasteiger partial charge in [-0.25, -0.2) is 9.79 Å². The minimum absolute atomic E-state index is 0.257. The summed E-state index contributed by atoms with van der Waals surface area (Å²) < 4.78 is 0. The van der Waals surface area contributed by atoms with Crippen LogP contribution in [0.25, 0.3) is 11.4 Å². The summed E-state index contributed by atoms with van der Waals surface area (Å²) in [7, 11) is 0. The molecule has 0 aliphatic carbocycles.